The molecule has 0 aliphatic carbocycles. The van der Waals surface area contributed by atoms with Gasteiger partial charge in [-0.15, -0.1) is 0 Å². The fourth-order valence-electron chi connectivity index (χ4n) is 3.20. The molecular formula is C22H24F3N3O4. The van der Waals surface area contributed by atoms with Crippen molar-refractivity contribution in [1.82, 2.24) is 10.2 Å². The van der Waals surface area contributed by atoms with Crippen molar-refractivity contribution < 1.29 is 32.6 Å². The van der Waals surface area contributed by atoms with Gasteiger partial charge in [-0.1, -0.05) is 6.07 Å². The van der Waals surface area contributed by atoms with Crippen molar-refractivity contribution in [3.05, 3.63) is 59.7 Å². The van der Waals surface area contributed by atoms with Gasteiger partial charge in [0.1, 0.15) is 18.5 Å². The van der Waals surface area contributed by atoms with Gasteiger partial charge in [0.2, 0.25) is 0 Å². The van der Waals surface area contributed by atoms with Crippen molar-refractivity contribution in [1.29, 1.82) is 0 Å². The van der Waals surface area contributed by atoms with Gasteiger partial charge in [0, 0.05) is 30.9 Å². The summed E-state index contributed by atoms with van der Waals surface area (Å²) in [6.45, 7) is 1.04. The zero-order chi connectivity index (χ0) is 23.1. The second kappa shape index (κ2) is 10.4. The number of hydrogen-bond donors (Lipinski definition) is 3. The van der Waals surface area contributed by atoms with E-state index in [1.165, 1.54) is 12.1 Å². The molecule has 2 aromatic carbocycles. The van der Waals surface area contributed by atoms with Crippen LogP contribution in [0.4, 0.5) is 23.7 Å². The number of aliphatic hydroxyl groups is 1. The normalized spacial score (nSPS) is 14.7. The highest BCUT2D eigenvalue weighted by molar-refractivity contribution is 5.95. The lowest BCUT2D eigenvalue weighted by Gasteiger charge is -2.16. The molecule has 0 spiro atoms. The molecule has 2 aromatic rings. The van der Waals surface area contributed by atoms with Crippen LogP contribution in [0, 0.1) is 0 Å². The summed E-state index contributed by atoms with van der Waals surface area (Å²) in [5.41, 5.74) is 0.158. The number of nitrogens with zero attached hydrogens (tertiary/aromatic N) is 1. The zero-order valence-corrected chi connectivity index (χ0v) is 17.2. The Morgan fingerprint density at radius 3 is 2.44 bits per heavy atom. The molecule has 0 saturated carbocycles. The Morgan fingerprint density at radius 2 is 1.78 bits per heavy atom. The minimum absolute atomic E-state index is 0.0353. The van der Waals surface area contributed by atoms with Gasteiger partial charge < -0.3 is 25.4 Å². The second-order valence-electron chi connectivity index (χ2n) is 7.40. The Hall–Kier alpha value is -3.27. The first-order chi connectivity index (χ1) is 15.2. The molecule has 3 rings (SSSR count). The van der Waals surface area contributed by atoms with Crippen LogP contribution < -0.4 is 15.4 Å². The molecule has 3 N–H and O–H groups in total. The van der Waals surface area contributed by atoms with Crippen LogP contribution in [0.5, 0.6) is 5.75 Å². The van der Waals surface area contributed by atoms with E-state index in [9.17, 15) is 27.9 Å². The lowest BCUT2D eigenvalue weighted by molar-refractivity contribution is -0.137. The largest absolute Gasteiger partial charge is 0.491 e. The number of anilines is 1. The molecule has 1 fully saturated rings. The first-order valence-corrected chi connectivity index (χ1v) is 10.1. The molecule has 1 atom stereocenters. The molecule has 10 heteroatoms. The third kappa shape index (κ3) is 6.61. The van der Waals surface area contributed by atoms with Crippen LogP contribution in [0.15, 0.2) is 48.5 Å². The number of rotatable bonds is 7. The van der Waals surface area contributed by atoms with Gasteiger partial charge in [-0.3, -0.25) is 4.79 Å². The van der Waals surface area contributed by atoms with E-state index in [0.29, 0.717) is 11.3 Å². The molecule has 1 saturated heterocycles. The Labute approximate surface area is 183 Å². The molecular weight excluding hydrogens is 427 g/mol. The first-order valence-electron chi connectivity index (χ1n) is 10.1. The Balaban J connectivity index is 1.41. The molecule has 0 aromatic heterocycles. The lowest BCUT2D eigenvalue weighted by atomic mass is 10.2. The van der Waals surface area contributed by atoms with Crippen LogP contribution in [0.2, 0.25) is 0 Å². The molecule has 0 unspecified atom stereocenters. The van der Waals surface area contributed by atoms with Crippen molar-refractivity contribution in [3.8, 4) is 5.75 Å². The third-order valence-electron chi connectivity index (χ3n) is 4.88. The fraction of sp³-hybridized carbons (Fsp3) is 0.364. The molecule has 0 bridgehead atoms. The Morgan fingerprint density at radius 1 is 1.09 bits per heavy atom. The maximum absolute atomic E-state index is 12.7. The van der Waals surface area contributed by atoms with E-state index < -0.39 is 23.9 Å². The van der Waals surface area contributed by atoms with Gasteiger partial charge in [0.15, 0.2) is 0 Å². The van der Waals surface area contributed by atoms with Crippen molar-refractivity contribution in [2.24, 2.45) is 0 Å². The average molecular weight is 451 g/mol. The number of halogens is 3. The van der Waals surface area contributed by atoms with Gasteiger partial charge in [0.25, 0.3) is 5.91 Å². The summed E-state index contributed by atoms with van der Waals surface area (Å²) in [7, 11) is 0. The third-order valence-corrected chi connectivity index (χ3v) is 4.88. The van der Waals surface area contributed by atoms with Crippen LogP contribution in [-0.2, 0) is 6.18 Å². The fourth-order valence-corrected chi connectivity index (χ4v) is 3.20. The molecule has 172 valence electrons. The van der Waals surface area contributed by atoms with E-state index >= 15 is 0 Å². The summed E-state index contributed by atoms with van der Waals surface area (Å²) in [5, 5.41) is 15.0. The molecule has 1 aliphatic heterocycles. The minimum Gasteiger partial charge on any atom is -0.491 e. The lowest BCUT2D eigenvalue weighted by Crippen LogP contribution is -2.37. The van der Waals surface area contributed by atoms with Gasteiger partial charge in [-0.05, 0) is 55.3 Å². The molecule has 7 nitrogen and oxygen atoms in total. The summed E-state index contributed by atoms with van der Waals surface area (Å²) in [6, 6.07) is 10.2. The SMILES string of the molecule is O=C(NC[C@@H](O)COc1cccc(C(F)(F)F)c1)Nc1ccc(C(=O)N2CCCC2)cc1. The summed E-state index contributed by atoms with van der Waals surface area (Å²) >= 11 is 0. The predicted octanol–water partition coefficient (Wildman–Crippen LogP) is 3.50. The van der Waals surface area contributed by atoms with E-state index in [1.54, 1.807) is 29.2 Å². The predicted molar refractivity (Wildman–Crippen MR) is 112 cm³/mol. The number of likely N-dealkylation sites (tertiary alicyclic amines) is 1. The van der Waals surface area contributed by atoms with Crippen molar-refractivity contribution in [2.75, 3.05) is 31.6 Å². The number of nitrogens with one attached hydrogen (secondary N) is 2. The topological polar surface area (TPSA) is 90.9 Å². The molecule has 3 amide bonds. The summed E-state index contributed by atoms with van der Waals surface area (Å²) in [4.78, 5) is 26.1. The van der Waals surface area contributed by atoms with Gasteiger partial charge in [-0.2, -0.15) is 13.2 Å². The number of aliphatic hydroxyl groups excluding tert-OH is 1. The highest BCUT2D eigenvalue weighted by Crippen LogP contribution is 2.31. The zero-order valence-electron chi connectivity index (χ0n) is 17.2. The quantitative estimate of drug-likeness (QED) is 0.601. The minimum atomic E-state index is -4.49. The summed E-state index contributed by atoms with van der Waals surface area (Å²) in [5.74, 6) is -0.0747. The smallest absolute Gasteiger partial charge is 0.416 e. The number of carbonyl (C=O) groups excluding carboxylic acids is 2. The van der Waals surface area contributed by atoms with Gasteiger partial charge in [-0.25, -0.2) is 4.79 Å². The first kappa shape index (κ1) is 23.4. The Kier molecular flexibility index (Phi) is 7.57. The van der Waals surface area contributed by atoms with E-state index in [2.05, 4.69) is 10.6 Å². The number of carbonyl (C=O) groups is 2. The number of urea groups is 1. The number of benzene rings is 2. The van der Waals surface area contributed by atoms with Gasteiger partial charge in [0.05, 0.1) is 5.56 Å². The summed E-state index contributed by atoms with van der Waals surface area (Å²) in [6.07, 6.45) is -3.61. The van der Waals surface area contributed by atoms with Gasteiger partial charge >= 0.3 is 12.2 Å². The number of amides is 3. The highest BCUT2D eigenvalue weighted by atomic mass is 19.4. The Bertz CT molecular complexity index is 929. The molecule has 1 aliphatic rings. The second-order valence-corrected chi connectivity index (χ2v) is 7.40. The van der Waals surface area contributed by atoms with E-state index in [1.807, 2.05) is 0 Å². The van der Waals surface area contributed by atoms with Crippen molar-refractivity contribution >= 4 is 17.6 Å². The number of ether oxygens (including phenoxy) is 1. The van der Waals surface area contributed by atoms with Crippen LogP contribution in [0.1, 0.15) is 28.8 Å². The molecule has 0 radical (unpaired) electrons. The van der Waals surface area contributed by atoms with Crippen molar-refractivity contribution in [2.45, 2.75) is 25.1 Å². The van der Waals surface area contributed by atoms with E-state index in [-0.39, 0.29) is 24.8 Å². The monoisotopic (exact) mass is 451 g/mol. The molecule has 32 heavy (non-hydrogen) atoms. The maximum Gasteiger partial charge on any atom is 0.416 e. The molecule has 1 heterocycles. The van der Waals surface area contributed by atoms with Crippen LogP contribution in [-0.4, -0.2) is 54.3 Å². The number of alkyl halides is 3. The summed E-state index contributed by atoms with van der Waals surface area (Å²) < 4.78 is 43.3. The van der Waals surface area contributed by atoms with E-state index in [0.717, 1.165) is 38.1 Å². The van der Waals surface area contributed by atoms with Crippen molar-refractivity contribution in [3.63, 3.8) is 0 Å². The van der Waals surface area contributed by atoms with Crippen LogP contribution >= 0.6 is 0 Å². The van der Waals surface area contributed by atoms with E-state index in [4.69, 9.17) is 4.74 Å². The maximum atomic E-state index is 12.7. The average Bonchev–Trinajstić information content (AvgIpc) is 3.31. The highest BCUT2D eigenvalue weighted by Gasteiger charge is 2.30. The number of hydrogen-bond acceptors (Lipinski definition) is 4. The van der Waals surface area contributed by atoms with Crippen LogP contribution in [0.3, 0.4) is 0 Å². The van der Waals surface area contributed by atoms with Crippen LogP contribution in [0.25, 0.3) is 0 Å². The standard InChI is InChI=1S/C22H24F3N3O4/c23-22(24,25)16-4-3-5-19(12-16)32-14-18(29)13-26-21(31)27-17-8-6-15(7-9-17)20(30)28-10-1-2-11-28/h3-9,12,18,29H,1-2,10-11,13-14H2,(H2,26,27,31)/t18-/m1/s1.